The van der Waals surface area contributed by atoms with Gasteiger partial charge in [-0.2, -0.15) is 0 Å². The van der Waals surface area contributed by atoms with Gasteiger partial charge in [0, 0.05) is 0 Å². The molecule has 0 spiro atoms. The normalized spacial score (nSPS) is 12.8. The van der Waals surface area contributed by atoms with Crippen molar-refractivity contribution in [2.24, 2.45) is 5.73 Å². The molecule has 0 bridgehead atoms. The second-order valence-electron chi connectivity index (χ2n) is 2.40. The lowest BCUT2D eigenvalue weighted by Crippen LogP contribution is -2.30. The SMILES string of the molecule is C=C/C=C\C(=C)CC(N)C(=O)O. The van der Waals surface area contributed by atoms with Crippen LogP contribution in [0.5, 0.6) is 0 Å². The first-order valence-electron chi connectivity index (χ1n) is 3.53. The maximum Gasteiger partial charge on any atom is 0.320 e. The minimum absolute atomic E-state index is 0.264. The third kappa shape index (κ3) is 4.46. The Bertz CT molecular complexity index is 219. The summed E-state index contributed by atoms with van der Waals surface area (Å²) in [5.74, 6) is -1.01. The molecular formula is C9H13NO2. The summed E-state index contributed by atoms with van der Waals surface area (Å²) in [6.07, 6.45) is 5.24. The molecule has 3 nitrogen and oxygen atoms in total. The van der Waals surface area contributed by atoms with Crippen LogP contribution < -0.4 is 5.73 Å². The molecule has 1 unspecified atom stereocenters. The van der Waals surface area contributed by atoms with Crippen LogP contribution in [0.1, 0.15) is 6.42 Å². The third-order valence-electron chi connectivity index (χ3n) is 1.27. The molecule has 0 aromatic rings. The predicted octanol–water partition coefficient (Wildman–Crippen LogP) is 1.09. The van der Waals surface area contributed by atoms with Gasteiger partial charge in [-0.25, -0.2) is 0 Å². The molecule has 0 aliphatic carbocycles. The Balaban J connectivity index is 3.92. The second kappa shape index (κ2) is 5.32. The lowest BCUT2D eigenvalue weighted by Gasteiger charge is -2.04. The van der Waals surface area contributed by atoms with Crippen LogP contribution in [0.2, 0.25) is 0 Å². The Morgan fingerprint density at radius 2 is 2.25 bits per heavy atom. The molecule has 3 heteroatoms. The summed E-state index contributed by atoms with van der Waals surface area (Å²) in [4.78, 5) is 10.3. The smallest absolute Gasteiger partial charge is 0.320 e. The summed E-state index contributed by atoms with van der Waals surface area (Å²) in [6.45, 7) is 7.11. The van der Waals surface area contributed by atoms with Crippen molar-refractivity contribution >= 4 is 5.97 Å². The number of allylic oxidation sites excluding steroid dienone is 3. The topological polar surface area (TPSA) is 63.3 Å². The van der Waals surface area contributed by atoms with E-state index in [1.807, 2.05) is 0 Å². The van der Waals surface area contributed by atoms with Crippen LogP contribution in [0, 0.1) is 0 Å². The molecule has 0 saturated carbocycles. The van der Waals surface area contributed by atoms with Gasteiger partial charge in [-0.3, -0.25) is 4.79 Å². The maximum absolute atomic E-state index is 10.3. The molecule has 0 saturated heterocycles. The first-order chi connectivity index (χ1) is 5.57. The quantitative estimate of drug-likeness (QED) is 0.602. The Morgan fingerprint density at radius 1 is 1.67 bits per heavy atom. The van der Waals surface area contributed by atoms with E-state index in [9.17, 15) is 4.79 Å². The zero-order valence-corrected chi connectivity index (χ0v) is 6.86. The summed E-state index contributed by atoms with van der Waals surface area (Å²) < 4.78 is 0. The standard InChI is InChI=1S/C9H13NO2/c1-3-4-5-7(2)6-8(10)9(11)12/h3-5,8H,1-2,6,10H2,(H,11,12)/b5-4-. The van der Waals surface area contributed by atoms with Gasteiger partial charge in [-0.15, -0.1) is 0 Å². The summed E-state index contributed by atoms with van der Waals surface area (Å²) in [7, 11) is 0. The van der Waals surface area contributed by atoms with Crippen LogP contribution in [0.15, 0.2) is 37.0 Å². The van der Waals surface area contributed by atoms with E-state index >= 15 is 0 Å². The zero-order chi connectivity index (χ0) is 9.56. The summed E-state index contributed by atoms with van der Waals surface area (Å²) in [5.41, 5.74) is 5.95. The Hall–Kier alpha value is -1.35. The fraction of sp³-hybridized carbons (Fsp3) is 0.222. The molecule has 0 aliphatic heterocycles. The number of nitrogens with two attached hydrogens (primary N) is 1. The van der Waals surface area contributed by atoms with E-state index in [4.69, 9.17) is 10.8 Å². The van der Waals surface area contributed by atoms with Crippen LogP contribution in [0.4, 0.5) is 0 Å². The van der Waals surface area contributed by atoms with Crippen molar-refractivity contribution in [3.63, 3.8) is 0 Å². The molecule has 66 valence electrons. The van der Waals surface area contributed by atoms with Gasteiger partial charge in [0.2, 0.25) is 0 Å². The van der Waals surface area contributed by atoms with Crippen LogP contribution in [0.25, 0.3) is 0 Å². The number of aliphatic carboxylic acids is 1. The highest BCUT2D eigenvalue weighted by atomic mass is 16.4. The summed E-state index contributed by atoms with van der Waals surface area (Å²) >= 11 is 0. The molecule has 0 rings (SSSR count). The highest BCUT2D eigenvalue weighted by Gasteiger charge is 2.10. The van der Waals surface area contributed by atoms with Crippen molar-refractivity contribution in [3.05, 3.63) is 37.0 Å². The van der Waals surface area contributed by atoms with E-state index in [1.54, 1.807) is 18.2 Å². The average molecular weight is 167 g/mol. The van der Waals surface area contributed by atoms with Gasteiger partial charge < -0.3 is 10.8 Å². The van der Waals surface area contributed by atoms with Gasteiger partial charge in [-0.1, -0.05) is 37.0 Å². The monoisotopic (exact) mass is 167 g/mol. The molecule has 0 amide bonds. The van der Waals surface area contributed by atoms with Gasteiger partial charge >= 0.3 is 5.97 Å². The Labute approximate surface area is 71.9 Å². The van der Waals surface area contributed by atoms with Crippen molar-refractivity contribution in [1.82, 2.24) is 0 Å². The highest BCUT2D eigenvalue weighted by molar-refractivity contribution is 5.73. The van der Waals surface area contributed by atoms with E-state index in [0.29, 0.717) is 5.57 Å². The number of carboxylic acid groups (broad SMARTS) is 1. The van der Waals surface area contributed by atoms with Crippen LogP contribution in [-0.2, 0) is 4.79 Å². The van der Waals surface area contributed by atoms with Gasteiger partial charge in [0.25, 0.3) is 0 Å². The van der Waals surface area contributed by atoms with E-state index in [2.05, 4.69) is 13.2 Å². The molecule has 0 aliphatic rings. The molecule has 1 atom stereocenters. The van der Waals surface area contributed by atoms with E-state index in [1.165, 1.54) is 0 Å². The fourth-order valence-electron chi connectivity index (χ4n) is 0.642. The van der Waals surface area contributed by atoms with Crippen molar-refractivity contribution < 1.29 is 9.90 Å². The number of rotatable bonds is 5. The number of hydrogen-bond acceptors (Lipinski definition) is 2. The highest BCUT2D eigenvalue weighted by Crippen LogP contribution is 2.03. The van der Waals surface area contributed by atoms with E-state index in [0.717, 1.165) is 0 Å². The fourth-order valence-corrected chi connectivity index (χ4v) is 0.642. The molecule has 0 aromatic carbocycles. The lowest BCUT2D eigenvalue weighted by molar-refractivity contribution is -0.138. The molecule has 0 radical (unpaired) electrons. The van der Waals surface area contributed by atoms with Gasteiger partial charge in [-0.05, 0) is 6.42 Å². The van der Waals surface area contributed by atoms with Crippen molar-refractivity contribution in [2.75, 3.05) is 0 Å². The molecule has 0 heterocycles. The van der Waals surface area contributed by atoms with E-state index in [-0.39, 0.29) is 6.42 Å². The average Bonchev–Trinajstić information content (AvgIpc) is 2.00. The number of carbonyl (C=O) groups is 1. The van der Waals surface area contributed by atoms with Crippen molar-refractivity contribution in [2.45, 2.75) is 12.5 Å². The maximum atomic E-state index is 10.3. The van der Waals surface area contributed by atoms with Crippen molar-refractivity contribution in [3.8, 4) is 0 Å². The molecule has 3 N–H and O–H groups in total. The van der Waals surface area contributed by atoms with E-state index < -0.39 is 12.0 Å². The molecular weight excluding hydrogens is 154 g/mol. The van der Waals surface area contributed by atoms with Crippen LogP contribution >= 0.6 is 0 Å². The molecule has 12 heavy (non-hydrogen) atoms. The first-order valence-corrected chi connectivity index (χ1v) is 3.53. The minimum atomic E-state index is -1.01. The third-order valence-corrected chi connectivity index (χ3v) is 1.27. The number of carboxylic acids is 1. The van der Waals surface area contributed by atoms with Crippen molar-refractivity contribution in [1.29, 1.82) is 0 Å². The first kappa shape index (κ1) is 10.7. The molecule has 0 aromatic heterocycles. The van der Waals surface area contributed by atoms with Crippen LogP contribution in [0.3, 0.4) is 0 Å². The Kier molecular flexibility index (Phi) is 4.72. The molecule has 0 fully saturated rings. The van der Waals surface area contributed by atoms with Gasteiger partial charge in [0.1, 0.15) is 6.04 Å². The zero-order valence-electron chi connectivity index (χ0n) is 6.86. The lowest BCUT2D eigenvalue weighted by atomic mass is 10.1. The van der Waals surface area contributed by atoms with Gasteiger partial charge in [0.15, 0.2) is 0 Å². The second-order valence-corrected chi connectivity index (χ2v) is 2.40. The minimum Gasteiger partial charge on any atom is -0.480 e. The summed E-state index contributed by atoms with van der Waals surface area (Å²) in [6, 6.07) is -0.869. The number of hydrogen-bond donors (Lipinski definition) is 2. The predicted molar refractivity (Wildman–Crippen MR) is 48.7 cm³/mol. The summed E-state index contributed by atoms with van der Waals surface area (Å²) in [5, 5.41) is 8.45. The Morgan fingerprint density at radius 3 is 2.67 bits per heavy atom. The largest absolute Gasteiger partial charge is 0.480 e. The van der Waals surface area contributed by atoms with Crippen LogP contribution in [-0.4, -0.2) is 17.1 Å². The van der Waals surface area contributed by atoms with Gasteiger partial charge in [0.05, 0.1) is 0 Å².